The van der Waals surface area contributed by atoms with Gasteiger partial charge >= 0.3 is 0 Å². The zero-order chi connectivity index (χ0) is 27.1. The Morgan fingerprint density at radius 2 is 2.03 bits per heavy atom. The number of fused-ring (bicyclic) bond motifs is 1. The molecule has 206 valence electrons. The molecule has 2 amide bonds. The molecule has 4 heterocycles. The van der Waals surface area contributed by atoms with E-state index in [0.717, 1.165) is 70.6 Å². The second-order valence-electron chi connectivity index (χ2n) is 10.7. The van der Waals surface area contributed by atoms with Gasteiger partial charge in [-0.15, -0.1) is 22.7 Å². The van der Waals surface area contributed by atoms with Crippen molar-refractivity contribution < 1.29 is 14.7 Å². The lowest BCUT2D eigenvalue weighted by atomic mass is 9.97. The van der Waals surface area contributed by atoms with Crippen LogP contribution in [0, 0.1) is 0 Å². The zero-order valence-corrected chi connectivity index (χ0v) is 23.5. The molecule has 0 spiro atoms. The summed E-state index contributed by atoms with van der Waals surface area (Å²) in [7, 11) is 0. The molecule has 11 heteroatoms. The van der Waals surface area contributed by atoms with Crippen LogP contribution in [0.2, 0.25) is 0 Å². The molecule has 3 aromatic rings. The van der Waals surface area contributed by atoms with Crippen LogP contribution >= 0.6 is 22.7 Å². The number of thiazole rings is 1. The highest BCUT2D eigenvalue weighted by Gasteiger charge is 2.36. The number of aliphatic hydroxyl groups excluding tert-OH is 1. The molecule has 9 nitrogen and oxygen atoms in total. The molecule has 0 bridgehead atoms. The van der Waals surface area contributed by atoms with E-state index in [1.807, 2.05) is 23.2 Å². The number of hydrogen-bond donors (Lipinski definition) is 5. The van der Waals surface area contributed by atoms with Gasteiger partial charge in [0.2, 0.25) is 11.8 Å². The van der Waals surface area contributed by atoms with Gasteiger partial charge in [0, 0.05) is 44.7 Å². The van der Waals surface area contributed by atoms with E-state index in [9.17, 15) is 14.7 Å². The maximum absolute atomic E-state index is 12.4. The number of benzene rings is 1. The number of aromatic nitrogens is 1. The molecule has 2 aliphatic heterocycles. The highest BCUT2D eigenvalue weighted by atomic mass is 32.1. The first-order chi connectivity index (χ1) is 18.9. The molecule has 3 aliphatic rings. The molecule has 2 fully saturated rings. The highest BCUT2D eigenvalue weighted by Crippen LogP contribution is 2.41. The molecular formula is C28H34N6O3S2. The number of nitrogens with two attached hydrogens (primary N) is 1. The van der Waals surface area contributed by atoms with Crippen LogP contribution in [0.15, 0.2) is 30.5 Å². The third kappa shape index (κ3) is 5.52. The van der Waals surface area contributed by atoms with Gasteiger partial charge in [0.25, 0.3) is 0 Å². The van der Waals surface area contributed by atoms with Crippen molar-refractivity contribution in [3.63, 3.8) is 0 Å². The summed E-state index contributed by atoms with van der Waals surface area (Å²) in [6.45, 7) is 4.41. The summed E-state index contributed by atoms with van der Waals surface area (Å²) in [5.41, 5.74) is 11.2. The highest BCUT2D eigenvalue weighted by molar-refractivity contribution is 7.16. The fourth-order valence-corrected chi connectivity index (χ4v) is 7.75. The Bertz CT molecular complexity index is 1380. The van der Waals surface area contributed by atoms with Crippen molar-refractivity contribution in [3.05, 3.63) is 57.0 Å². The van der Waals surface area contributed by atoms with Crippen molar-refractivity contribution in [1.82, 2.24) is 20.5 Å². The number of rotatable bonds is 8. The van der Waals surface area contributed by atoms with Crippen LogP contribution in [0.1, 0.15) is 58.5 Å². The summed E-state index contributed by atoms with van der Waals surface area (Å²) < 4.78 is 0. The van der Waals surface area contributed by atoms with Crippen LogP contribution in [0.25, 0.3) is 10.4 Å². The SMILES string of the molecule is CC(=O)NCc1ccc(-c2cnc(C3CN(C(O)c4ccc(NC(=O)[C@@H]5CCCN5)s4)C3)s2)c2c1CC(N)C2. The monoisotopic (exact) mass is 566 g/mol. The van der Waals surface area contributed by atoms with Gasteiger partial charge in [0.15, 0.2) is 0 Å². The minimum Gasteiger partial charge on any atom is -0.373 e. The molecule has 0 saturated carbocycles. The summed E-state index contributed by atoms with van der Waals surface area (Å²) in [4.78, 5) is 32.6. The normalized spacial score (nSPS) is 21.9. The third-order valence-electron chi connectivity index (χ3n) is 7.89. The largest absolute Gasteiger partial charge is 0.373 e. The van der Waals surface area contributed by atoms with E-state index in [-0.39, 0.29) is 29.8 Å². The number of carbonyl (C=O) groups excluding carboxylic acids is 2. The van der Waals surface area contributed by atoms with Gasteiger partial charge in [0.05, 0.1) is 25.8 Å². The summed E-state index contributed by atoms with van der Waals surface area (Å²) in [5.74, 6) is 0.235. The molecule has 1 aliphatic carbocycles. The van der Waals surface area contributed by atoms with Crippen LogP contribution in [-0.2, 0) is 29.0 Å². The van der Waals surface area contributed by atoms with Gasteiger partial charge < -0.3 is 26.8 Å². The molecule has 39 heavy (non-hydrogen) atoms. The molecule has 6 rings (SSSR count). The Labute approximate surface area is 235 Å². The van der Waals surface area contributed by atoms with E-state index in [1.54, 1.807) is 11.3 Å². The first kappa shape index (κ1) is 26.5. The number of nitrogens with zero attached hydrogens (tertiary/aromatic N) is 2. The van der Waals surface area contributed by atoms with E-state index >= 15 is 0 Å². The van der Waals surface area contributed by atoms with Gasteiger partial charge in [-0.1, -0.05) is 12.1 Å². The number of amides is 2. The minimum absolute atomic E-state index is 0.00558. The molecule has 3 atom stereocenters. The average Bonchev–Trinajstić information content (AvgIpc) is 3.68. The number of thiophene rings is 1. The predicted molar refractivity (Wildman–Crippen MR) is 154 cm³/mol. The molecule has 2 saturated heterocycles. The Kier molecular flexibility index (Phi) is 7.54. The van der Waals surface area contributed by atoms with Crippen molar-refractivity contribution in [2.75, 3.05) is 25.0 Å². The van der Waals surface area contributed by atoms with Crippen molar-refractivity contribution >= 4 is 39.5 Å². The van der Waals surface area contributed by atoms with E-state index < -0.39 is 6.23 Å². The van der Waals surface area contributed by atoms with Crippen LogP contribution in [-0.4, -0.2) is 58.5 Å². The first-order valence-electron chi connectivity index (χ1n) is 13.5. The Balaban J connectivity index is 1.08. The van der Waals surface area contributed by atoms with E-state index in [1.165, 1.54) is 35.0 Å². The summed E-state index contributed by atoms with van der Waals surface area (Å²) in [6.07, 6.45) is 4.80. The number of nitrogens with one attached hydrogen (secondary N) is 3. The van der Waals surface area contributed by atoms with Crippen LogP contribution in [0.4, 0.5) is 5.00 Å². The van der Waals surface area contributed by atoms with Crippen molar-refractivity contribution in [1.29, 1.82) is 0 Å². The van der Waals surface area contributed by atoms with Crippen molar-refractivity contribution in [2.45, 2.75) is 63.4 Å². The number of likely N-dealkylation sites (tertiary alicyclic amines) is 1. The Hall–Kier alpha value is -2.67. The van der Waals surface area contributed by atoms with Crippen molar-refractivity contribution in [2.24, 2.45) is 5.73 Å². The summed E-state index contributed by atoms with van der Waals surface area (Å²) >= 11 is 3.14. The second kappa shape index (κ2) is 11.1. The van der Waals surface area contributed by atoms with E-state index in [0.29, 0.717) is 6.54 Å². The fraction of sp³-hybridized carbons (Fsp3) is 0.464. The van der Waals surface area contributed by atoms with Gasteiger partial charge in [-0.3, -0.25) is 14.5 Å². The molecule has 0 radical (unpaired) electrons. The minimum atomic E-state index is -0.693. The van der Waals surface area contributed by atoms with Gasteiger partial charge in [-0.2, -0.15) is 0 Å². The van der Waals surface area contributed by atoms with Gasteiger partial charge in [0.1, 0.15) is 6.23 Å². The number of carbonyl (C=O) groups is 2. The summed E-state index contributed by atoms with van der Waals surface area (Å²) in [6, 6.07) is 7.97. The van der Waals surface area contributed by atoms with Crippen LogP contribution in [0.3, 0.4) is 0 Å². The van der Waals surface area contributed by atoms with Gasteiger partial charge in [-0.25, -0.2) is 4.98 Å². The molecule has 1 aromatic carbocycles. The lowest BCUT2D eigenvalue weighted by molar-refractivity contribution is -0.119. The lowest BCUT2D eigenvalue weighted by Gasteiger charge is -2.40. The van der Waals surface area contributed by atoms with Crippen LogP contribution < -0.4 is 21.7 Å². The number of hydrogen-bond acceptors (Lipinski definition) is 9. The lowest BCUT2D eigenvalue weighted by Crippen LogP contribution is -2.46. The number of anilines is 1. The Morgan fingerprint density at radius 1 is 1.21 bits per heavy atom. The second-order valence-corrected chi connectivity index (χ2v) is 12.9. The Morgan fingerprint density at radius 3 is 2.79 bits per heavy atom. The molecule has 2 unspecified atom stereocenters. The standard InChI is InChI=1S/C28H34N6O3S2/c1-15(35)31-11-16-4-5-19(21-10-18(29)9-20(16)21)24-12-32-27(39-24)17-13-34(14-17)28(37)23-6-7-25(38-23)33-26(36)22-3-2-8-30-22/h4-7,12,17-18,22,28,30,37H,2-3,8-11,13-14,29H2,1H3,(H,31,35)(H,33,36)/t18?,22-,28?/m0/s1. The van der Waals surface area contributed by atoms with Crippen molar-refractivity contribution in [3.8, 4) is 10.4 Å². The first-order valence-corrected chi connectivity index (χ1v) is 15.1. The molecular weight excluding hydrogens is 532 g/mol. The average molecular weight is 567 g/mol. The van der Waals surface area contributed by atoms with E-state index in [2.05, 4.69) is 28.1 Å². The maximum Gasteiger partial charge on any atom is 0.242 e. The number of aliphatic hydroxyl groups is 1. The third-order valence-corrected chi connectivity index (χ3v) is 10.1. The molecule has 2 aromatic heterocycles. The fourth-order valence-electron chi connectivity index (χ4n) is 5.77. The smallest absolute Gasteiger partial charge is 0.242 e. The maximum atomic E-state index is 12.4. The van der Waals surface area contributed by atoms with Gasteiger partial charge in [-0.05, 0) is 66.6 Å². The zero-order valence-electron chi connectivity index (χ0n) is 21.9. The predicted octanol–water partition coefficient (Wildman–Crippen LogP) is 2.71. The van der Waals surface area contributed by atoms with E-state index in [4.69, 9.17) is 10.7 Å². The topological polar surface area (TPSA) is 133 Å². The summed E-state index contributed by atoms with van der Waals surface area (Å²) in [5, 5.41) is 21.9. The molecule has 6 N–H and O–H groups in total. The quantitative estimate of drug-likeness (QED) is 0.283. The van der Waals surface area contributed by atoms with Crippen LogP contribution in [0.5, 0.6) is 0 Å².